The Morgan fingerprint density at radius 2 is 1.78 bits per heavy atom. The molecule has 23 heavy (non-hydrogen) atoms. The fraction of sp³-hybridized carbons (Fsp3) is 0.600. The van der Waals surface area contributed by atoms with Crippen LogP contribution in [0, 0.1) is 11.8 Å². The Bertz CT molecular complexity index is 553. The van der Waals surface area contributed by atoms with E-state index in [0.717, 1.165) is 25.7 Å². The van der Waals surface area contributed by atoms with Gasteiger partial charge in [0.15, 0.2) is 0 Å². The number of Topliss-reactive ketones (excluding diaryl/α,β-unsaturated/α-hetero) is 1. The summed E-state index contributed by atoms with van der Waals surface area (Å²) in [7, 11) is 0. The predicted octanol–water partition coefficient (Wildman–Crippen LogP) is 4.54. The predicted molar refractivity (Wildman–Crippen MR) is 91.9 cm³/mol. The lowest BCUT2D eigenvalue weighted by Crippen LogP contribution is -2.23. The van der Waals surface area contributed by atoms with Crippen LogP contribution in [0.5, 0.6) is 0 Å². The molecule has 0 aromatic rings. The maximum atomic E-state index is 12.5. The molecular formula is C20H28O3. The average Bonchev–Trinajstić information content (AvgIpc) is 2.73. The van der Waals surface area contributed by atoms with Gasteiger partial charge in [-0.2, -0.15) is 0 Å². The monoisotopic (exact) mass is 316 g/mol. The first-order chi connectivity index (χ1) is 10.9. The lowest BCUT2D eigenvalue weighted by Gasteiger charge is -2.19. The zero-order chi connectivity index (χ0) is 17.0. The molecule has 1 heterocycles. The van der Waals surface area contributed by atoms with E-state index in [-0.39, 0.29) is 29.7 Å². The lowest BCUT2D eigenvalue weighted by atomic mass is 9.84. The smallest absolute Gasteiger partial charge is 0.334 e. The van der Waals surface area contributed by atoms with Gasteiger partial charge in [0.05, 0.1) is 0 Å². The van der Waals surface area contributed by atoms with Crippen molar-refractivity contribution < 1.29 is 14.3 Å². The van der Waals surface area contributed by atoms with E-state index in [9.17, 15) is 9.59 Å². The molecule has 0 radical (unpaired) electrons. The summed E-state index contributed by atoms with van der Waals surface area (Å²) in [4.78, 5) is 24.4. The summed E-state index contributed by atoms with van der Waals surface area (Å²) in [5, 5.41) is 0. The van der Waals surface area contributed by atoms with Crippen molar-refractivity contribution in [1.29, 1.82) is 0 Å². The lowest BCUT2D eigenvalue weighted by molar-refractivity contribution is -0.139. The Morgan fingerprint density at radius 1 is 1.09 bits per heavy atom. The summed E-state index contributed by atoms with van der Waals surface area (Å²) < 4.78 is 5.47. The minimum Gasteiger partial charge on any atom is -0.458 e. The van der Waals surface area contributed by atoms with Gasteiger partial charge in [-0.3, -0.25) is 4.79 Å². The Kier molecular flexibility index (Phi) is 5.97. The molecule has 0 unspecified atom stereocenters. The molecule has 1 fully saturated rings. The largest absolute Gasteiger partial charge is 0.458 e. The SMILES string of the molecule is C=C1C(=O)O[C@H]2C/C(C)=C/CC/C(C)=C/CC[C@H](C)C(=O)C[C@@H]12. The van der Waals surface area contributed by atoms with E-state index < -0.39 is 0 Å². The van der Waals surface area contributed by atoms with Crippen LogP contribution >= 0.6 is 0 Å². The van der Waals surface area contributed by atoms with Crippen LogP contribution in [0.4, 0.5) is 0 Å². The summed E-state index contributed by atoms with van der Waals surface area (Å²) in [6, 6.07) is 0. The first-order valence-electron chi connectivity index (χ1n) is 8.62. The van der Waals surface area contributed by atoms with Crippen molar-refractivity contribution in [3.63, 3.8) is 0 Å². The summed E-state index contributed by atoms with van der Waals surface area (Å²) >= 11 is 0. The Hall–Kier alpha value is -1.64. The summed E-state index contributed by atoms with van der Waals surface area (Å²) in [6.07, 6.45) is 9.15. The van der Waals surface area contributed by atoms with Gasteiger partial charge >= 0.3 is 5.97 Å². The maximum Gasteiger partial charge on any atom is 0.334 e. The van der Waals surface area contributed by atoms with Gasteiger partial charge in [0.25, 0.3) is 0 Å². The normalized spacial score (nSPS) is 35.4. The van der Waals surface area contributed by atoms with Gasteiger partial charge in [-0.05, 0) is 39.5 Å². The third-order valence-electron chi connectivity index (χ3n) is 5.03. The number of esters is 1. The molecule has 126 valence electrons. The number of ketones is 1. The van der Waals surface area contributed by atoms with Crippen LogP contribution in [-0.4, -0.2) is 17.9 Å². The van der Waals surface area contributed by atoms with E-state index in [4.69, 9.17) is 4.74 Å². The maximum absolute atomic E-state index is 12.5. The molecule has 0 N–H and O–H groups in total. The second-order valence-corrected chi connectivity index (χ2v) is 7.07. The van der Waals surface area contributed by atoms with Crippen LogP contribution in [0.1, 0.15) is 59.3 Å². The molecule has 3 heteroatoms. The van der Waals surface area contributed by atoms with Crippen molar-refractivity contribution in [3.05, 3.63) is 35.5 Å². The standard InChI is InChI=1S/C20H28O3/c1-13-7-5-9-14(2)11-19-17(16(4)20(22)23-19)12-18(21)15(3)10-6-8-13/h8-9,15,17,19H,4-7,10-12H2,1-3H3/b13-8+,14-9+/t15-,17-,19-/m0/s1. The van der Waals surface area contributed by atoms with Crippen LogP contribution in [-0.2, 0) is 14.3 Å². The number of hydrogen-bond acceptors (Lipinski definition) is 3. The second-order valence-electron chi connectivity index (χ2n) is 7.07. The molecule has 2 rings (SSSR count). The minimum atomic E-state index is -0.338. The number of allylic oxidation sites excluding steroid dienone is 3. The van der Waals surface area contributed by atoms with Gasteiger partial charge in [0.1, 0.15) is 11.9 Å². The second kappa shape index (κ2) is 7.76. The van der Waals surface area contributed by atoms with E-state index in [1.807, 2.05) is 6.92 Å². The Balaban J connectivity index is 2.20. The van der Waals surface area contributed by atoms with Crippen molar-refractivity contribution in [2.45, 2.75) is 65.4 Å². The number of fused-ring (bicyclic) bond motifs is 1. The van der Waals surface area contributed by atoms with Gasteiger partial charge in [0.2, 0.25) is 0 Å². The van der Waals surface area contributed by atoms with Crippen molar-refractivity contribution in [3.8, 4) is 0 Å². The van der Waals surface area contributed by atoms with E-state index in [2.05, 4.69) is 32.6 Å². The highest BCUT2D eigenvalue weighted by atomic mass is 16.6. The van der Waals surface area contributed by atoms with Crippen molar-refractivity contribution in [2.24, 2.45) is 11.8 Å². The molecule has 0 spiro atoms. The van der Waals surface area contributed by atoms with Crippen molar-refractivity contribution in [1.82, 2.24) is 0 Å². The molecule has 0 aromatic heterocycles. The fourth-order valence-corrected chi connectivity index (χ4v) is 3.32. The number of hydrogen-bond donors (Lipinski definition) is 0. The minimum absolute atomic E-state index is 0.0165. The van der Waals surface area contributed by atoms with Crippen LogP contribution < -0.4 is 0 Å². The highest BCUT2D eigenvalue weighted by Gasteiger charge is 2.40. The quantitative estimate of drug-likeness (QED) is 0.374. The third kappa shape index (κ3) is 4.66. The summed E-state index contributed by atoms with van der Waals surface area (Å²) in [6.45, 7) is 10.1. The van der Waals surface area contributed by atoms with Crippen LogP contribution in [0.25, 0.3) is 0 Å². The summed E-state index contributed by atoms with van der Waals surface area (Å²) in [5.74, 6) is -0.275. The first kappa shape index (κ1) is 17.7. The van der Waals surface area contributed by atoms with E-state index in [0.29, 0.717) is 18.4 Å². The highest BCUT2D eigenvalue weighted by molar-refractivity contribution is 5.92. The highest BCUT2D eigenvalue weighted by Crippen LogP contribution is 2.34. The zero-order valence-electron chi connectivity index (χ0n) is 14.6. The number of rotatable bonds is 0. The molecule has 3 nitrogen and oxygen atoms in total. The molecule has 0 amide bonds. The Labute approximate surface area is 139 Å². The van der Waals surface area contributed by atoms with Gasteiger partial charge in [-0.1, -0.05) is 36.8 Å². The third-order valence-corrected chi connectivity index (χ3v) is 5.03. The Morgan fingerprint density at radius 3 is 2.52 bits per heavy atom. The zero-order valence-corrected chi connectivity index (χ0v) is 14.6. The van der Waals surface area contributed by atoms with Gasteiger partial charge in [0, 0.05) is 30.3 Å². The number of ether oxygens (including phenoxy) is 1. The molecule has 0 bridgehead atoms. The van der Waals surface area contributed by atoms with Crippen LogP contribution in [0.2, 0.25) is 0 Å². The van der Waals surface area contributed by atoms with E-state index in [1.165, 1.54) is 11.1 Å². The molecule has 3 atom stereocenters. The van der Waals surface area contributed by atoms with Crippen LogP contribution in [0.3, 0.4) is 0 Å². The van der Waals surface area contributed by atoms with Crippen molar-refractivity contribution >= 4 is 11.8 Å². The van der Waals surface area contributed by atoms with E-state index >= 15 is 0 Å². The van der Waals surface area contributed by atoms with E-state index in [1.54, 1.807) is 0 Å². The fourth-order valence-electron chi connectivity index (χ4n) is 3.32. The number of carbonyl (C=O) groups excluding carboxylic acids is 2. The molecule has 0 aromatic carbocycles. The molecular weight excluding hydrogens is 288 g/mol. The molecule has 1 saturated heterocycles. The first-order valence-corrected chi connectivity index (χ1v) is 8.62. The van der Waals surface area contributed by atoms with Gasteiger partial charge < -0.3 is 4.74 Å². The molecule has 1 aliphatic carbocycles. The van der Waals surface area contributed by atoms with Gasteiger partial charge in [-0.15, -0.1) is 0 Å². The molecule has 0 saturated carbocycles. The average molecular weight is 316 g/mol. The summed E-state index contributed by atoms with van der Waals surface area (Å²) in [5.41, 5.74) is 3.06. The van der Waals surface area contributed by atoms with Crippen molar-refractivity contribution in [2.75, 3.05) is 0 Å². The molecule has 1 aliphatic heterocycles. The molecule has 2 aliphatic rings. The topological polar surface area (TPSA) is 43.4 Å². The number of carbonyl (C=O) groups is 2. The van der Waals surface area contributed by atoms with Gasteiger partial charge in [-0.25, -0.2) is 4.79 Å². The van der Waals surface area contributed by atoms with Crippen LogP contribution in [0.15, 0.2) is 35.5 Å².